The van der Waals surface area contributed by atoms with Crippen molar-refractivity contribution in [3.05, 3.63) is 34.3 Å². The second kappa shape index (κ2) is 6.73. The molecule has 2 aromatic rings. The Kier molecular flexibility index (Phi) is 5.12. The van der Waals surface area contributed by atoms with E-state index in [2.05, 4.69) is 14.9 Å². The van der Waals surface area contributed by atoms with Crippen molar-refractivity contribution in [3.63, 3.8) is 0 Å². The summed E-state index contributed by atoms with van der Waals surface area (Å²) in [4.78, 5) is 12.9. The SMILES string of the molecule is CCc1nnsc1C(=O)Nc1cc(S(=O)(=O)N(C)C)ccc1C. The van der Waals surface area contributed by atoms with Gasteiger partial charge in [-0.1, -0.05) is 17.5 Å². The largest absolute Gasteiger partial charge is 0.321 e. The van der Waals surface area contributed by atoms with Gasteiger partial charge in [-0.15, -0.1) is 5.10 Å². The molecule has 0 fully saturated rings. The number of nitrogens with one attached hydrogen (secondary N) is 1. The van der Waals surface area contributed by atoms with Gasteiger partial charge in [0.15, 0.2) is 0 Å². The molecule has 0 radical (unpaired) electrons. The van der Waals surface area contributed by atoms with Crippen LogP contribution in [-0.2, 0) is 16.4 Å². The first-order valence-corrected chi connectivity index (χ1v) is 9.14. The average Bonchev–Trinajstić information content (AvgIpc) is 2.97. The molecule has 0 atom stereocenters. The smallest absolute Gasteiger partial charge is 0.269 e. The molecule has 0 aliphatic heterocycles. The molecule has 7 nitrogen and oxygen atoms in total. The maximum absolute atomic E-state index is 12.4. The summed E-state index contributed by atoms with van der Waals surface area (Å²) in [5.74, 6) is -0.334. The van der Waals surface area contributed by atoms with E-state index in [0.717, 1.165) is 21.4 Å². The third kappa shape index (κ3) is 3.57. The topological polar surface area (TPSA) is 92.3 Å². The zero-order valence-electron chi connectivity index (χ0n) is 13.3. The van der Waals surface area contributed by atoms with Crippen LogP contribution in [0.5, 0.6) is 0 Å². The van der Waals surface area contributed by atoms with Crippen molar-refractivity contribution in [1.29, 1.82) is 0 Å². The summed E-state index contributed by atoms with van der Waals surface area (Å²) in [7, 11) is -0.634. The van der Waals surface area contributed by atoms with Gasteiger partial charge in [0.1, 0.15) is 4.88 Å². The second-order valence-corrected chi connectivity index (χ2v) is 8.03. The number of hydrogen-bond acceptors (Lipinski definition) is 6. The molecular weight excluding hydrogens is 336 g/mol. The molecule has 1 aromatic heterocycles. The molecular formula is C14H18N4O3S2. The van der Waals surface area contributed by atoms with Crippen LogP contribution in [0.25, 0.3) is 0 Å². The Morgan fingerprint density at radius 3 is 2.65 bits per heavy atom. The van der Waals surface area contributed by atoms with Crippen LogP contribution in [0.1, 0.15) is 27.9 Å². The fraction of sp³-hybridized carbons (Fsp3) is 0.357. The zero-order valence-corrected chi connectivity index (χ0v) is 15.0. The molecule has 0 bridgehead atoms. The first kappa shape index (κ1) is 17.5. The second-order valence-electron chi connectivity index (χ2n) is 5.12. The minimum absolute atomic E-state index is 0.126. The third-order valence-corrected chi connectivity index (χ3v) is 5.91. The van der Waals surface area contributed by atoms with Gasteiger partial charge in [-0.05, 0) is 42.6 Å². The molecule has 0 unspecified atom stereocenters. The van der Waals surface area contributed by atoms with Gasteiger partial charge in [-0.2, -0.15) is 0 Å². The van der Waals surface area contributed by atoms with Gasteiger partial charge < -0.3 is 5.32 Å². The number of nitrogens with zero attached hydrogens (tertiary/aromatic N) is 3. The van der Waals surface area contributed by atoms with E-state index in [9.17, 15) is 13.2 Å². The van der Waals surface area contributed by atoms with Gasteiger partial charge in [0.25, 0.3) is 5.91 Å². The Hall–Kier alpha value is -1.84. The fourth-order valence-corrected chi connectivity index (χ4v) is 3.47. The molecule has 124 valence electrons. The van der Waals surface area contributed by atoms with Crippen molar-refractivity contribution in [2.75, 3.05) is 19.4 Å². The van der Waals surface area contributed by atoms with Gasteiger partial charge in [-0.3, -0.25) is 4.79 Å². The number of sulfonamides is 1. The van der Waals surface area contributed by atoms with Gasteiger partial charge in [0, 0.05) is 19.8 Å². The lowest BCUT2D eigenvalue weighted by atomic mass is 10.2. The maximum atomic E-state index is 12.4. The van der Waals surface area contributed by atoms with Gasteiger partial charge in [-0.25, -0.2) is 12.7 Å². The van der Waals surface area contributed by atoms with Gasteiger partial charge in [0.2, 0.25) is 10.0 Å². The van der Waals surface area contributed by atoms with Crippen LogP contribution in [0.2, 0.25) is 0 Å². The molecule has 0 saturated heterocycles. The summed E-state index contributed by atoms with van der Waals surface area (Å²) in [5, 5.41) is 6.65. The average molecular weight is 354 g/mol. The third-order valence-electron chi connectivity index (χ3n) is 3.33. The predicted molar refractivity (Wildman–Crippen MR) is 89.3 cm³/mol. The van der Waals surface area contributed by atoms with E-state index in [-0.39, 0.29) is 10.8 Å². The Balaban J connectivity index is 2.35. The minimum Gasteiger partial charge on any atom is -0.321 e. The number of anilines is 1. The molecule has 1 aromatic carbocycles. The number of carbonyl (C=O) groups is 1. The Morgan fingerprint density at radius 1 is 1.35 bits per heavy atom. The van der Waals surface area contributed by atoms with E-state index in [0.29, 0.717) is 22.7 Å². The highest BCUT2D eigenvalue weighted by molar-refractivity contribution is 7.89. The zero-order chi connectivity index (χ0) is 17.2. The highest BCUT2D eigenvalue weighted by Gasteiger charge is 2.20. The number of amides is 1. The van der Waals surface area contributed by atoms with Gasteiger partial charge >= 0.3 is 0 Å². The number of carbonyl (C=O) groups excluding carboxylic acids is 1. The van der Waals surface area contributed by atoms with Crippen molar-refractivity contribution in [2.24, 2.45) is 0 Å². The van der Waals surface area contributed by atoms with E-state index in [1.807, 2.05) is 6.92 Å². The van der Waals surface area contributed by atoms with Crippen LogP contribution in [0, 0.1) is 6.92 Å². The first-order chi connectivity index (χ1) is 10.8. The monoisotopic (exact) mass is 354 g/mol. The van der Waals surface area contributed by atoms with Gasteiger partial charge in [0.05, 0.1) is 10.6 Å². The molecule has 1 heterocycles. The van der Waals surface area contributed by atoms with Crippen LogP contribution in [-0.4, -0.2) is 42.3 Å². The van der Waals surface area contributed by atoms with Crippen LogP contribution < -0.4 is 5.32 Å². The number of aromatic nitrogens is 2. The minimum atomic E-state index is -3.56. The fourth-order valence-electron chi connectivity index (χ4n) is 1.90. The number of rotatable bonds is 5. The molecule has 9 heteroatoms. The summed E-state index contributed by atoms with van der Waals surface area (Å²) < 4.78 is 29.3. The molecule has 1 N–H and O–H groups in total. The molecule has 23 heavy (non-hydrogen) atoms. The standard InChI is InChI=1S/C14H18N4O3S2/c1-5-11-13(22-17-16-11)14(19)15-12-8-10(7-6-9(12)2)23(20,21)18(3)4/h6-8H,5H2,1-4H3,(H,15,19). The van der Waals surface area contributed by atoms with Crippen molar-refractivity contribution < 1.29 is 13.2 Å². The van der Waals surface area contributed by atoms with Crippen molar-refractivity contribution in [1.82, 2.24) is 13.9 Å². The highest BCUT2D eigenvalue weighted by atomic mass is 32.2. The summed E-state index contributed by atoms with van der Waals surface area (Å²) in [6, 6.07) is 4.65. The quantitative estimate of drug-likeness (QED) is 0.885. The predicted octanol–water partition coefficient (Wildman–Crippen LogP) is 1.91. The first-order valence-electron chi connectivity index (χ1n) is 6.93. The maximum Gasteiger partial charge on any atom is 0.269 e. The Morgan fingerprint density at radius 2 is 2.04 bits per heavy atom. The molecule has 0 saturated carbocycles. The molecule has 0 aliphatic rings. The number of hydrogen-bond donors (Lipinski definition) is 1. The number of benzene rings is 1. The Labute approximate surface area is 139 Å². The summed E-state index contributed by atoms with van der Waals surface area (Å²) >= 11 is 1.02. The van der Waals surface area contributed by atoms with Crippen molar-refractivity contribution in [2.45, 2.75) is 25.2 Å². The Bertz CT molecular complexity index is 828. The summed E-state index contributed by atoms with van der Waals surface area (Å²) in [6.45, 7) is 3.69. The molecule has 0 aliphatic carbocycles. The van der Waals surface area contributed by atoms with E-state index < -0.39 is 10.0 Å². The normalized spacial score (nSPS) is 11.7. The lowest BCUT2D eigenvalue weighted by Crippen LogP contribution is -2.22. The van der Waals surface area contributed by atoms with E-state index in [1.54, 1.807) is 13.0 Å². The molecule has 1 amide bonds. The van der Waals surface area contributed by atoms with E-state index in [1.165, 1.54) is 26.2 Å². The lowest BCUT2D eigenvalue weighted by molar-refractivity contribution is 0.102. The van der Waals surface area contributed by atoms with Crippen molar-refractivity contribution >= 4 is 33.2 Å². The van der Waals surface area contributed by atoms with E-state index >= 15 is 0 Å². The van der Waals surface area contributed by atoms with Crippen LogP contribution >= 0.6 is 11.5 Å². The van der Waals surface area contributed by atoms with E-state index in [4.69, 9.17) is 0 Å². The van der Waals surface area contributed by atoms with Crippen LogP contribution in [0.4, 0.5) is 5.69 Å². The van der Waals surface area contributed by atoms with Crippen LogP contribution in [0.15, 0.2) is 23.1 Å². The lowest BCUT2D eigenvalue weighted by Gasteiger charge is -2.14. The number of aryl methyl sites for hydroxylation is 2. The highest BCUT2D eigenvalue weighted by Crippen LogP contribution is 2.23. The van der Waals surface area contributed by atoms with Crippen LogP contribution in [0.3, 0.4) is 0 Å². The molecule has 2 rings (SSSR count). The summed E-state index contributed by atoms with van der Waals surface area (Å²) in [6.07, 6.45) is 0.604. The van der Waals surface area contributed by atoms with Crippen molar-refractivity contribution in [3.8, 4) is 0 Å². The summed E-state index contributed by atoms with van der Waals surface area (Å²) in [5.41, 5.74) is 1.85. The molecule has 0 spiro atoms.